The van der Waals surface area contributed by atoms with E-state index in [1.807, 2.05) is 6.21 Å². The van der Waals surface area contributed by atoms with Gasteiger partial charge >= 0.3 is 0 Å². The molecule has 0 spiro atoms. The van der Waals surface area contributed by atoms with Crippen molar-refractivity contribution in [1.29, 1.82) is 0 Å². The molecule has 1 aliphatic heterocycles. The molecule has 0 fully saturated rings. The number of aliphatic imine (C=N–C) groups is 1. The van der Waals surface area contributed by atoms with Crippen LogP contribution in [0.4, 0.5) is 0 Å². The van der Waals surface area contributed by atoms with Crippen molar-refractivity contribution in [3.05, 3.63) is 194 Å². The van der Waals surface area contributed by atoms with Gasteiger partial charge in [-0.2, -0.15) is 0 Å². The molecule has 6 aromatic carbocycles. The van der Waals surface area contributed by atoms with Crippen LogP contribution in [0.25, 0.3) is 0 Å². The molecule has 48 heavy (non-hydrogen) atoms. The van der Waals surface area contributed by atoms with Crippen LogP contribution in [0.3, 0.4) is 0 Å². The first-order valence-corrected chi connectivity index (χ1v) is 20.3. The second kappa shape index (κ2) is 14.1. The van der Waals surface area contributed by atoms with Gasteiger partial charge in [0.1, 0.15) is 0 Å². The molecule has 232 valence electrons. The second-order valence-corrected chi connectivity index (χ2v) is 18.8. The van der Waals surface area contributed by atoms with Crippen LogP contribution in [-0.2, 0) is 0 Å². The third kappa shape index (κ3) is 6.02. The van der Waals surface area contributed by atoms with E-state index in [-0.39, 0.29) is 0 Å². The fourth-order valence-electron chi connectivity index (χ4n) is 6.73. The van der Waals surface area contributed by atoms with Crippen molar-refractivity contribution in [1.82, 2.24) is 0 Å². The smallest absolute Gasteiger partial charge is 0.273 e. The van der Waals surface area contributed by atoms with E-state index in [4.69, 9.17) is 14.3 Å². The van der Waals surface area contributed by atoms with Crippen LogP contribution in [0.5, 0.6) is 0 Å². The normalized spacial score (nSPS) is 13.7. The van der Waals surface area contributed by atoms with Crippen molar-refractivity contribution in [3.8, 4) is 0 Å². The van der Waals surface area contributed by atoms with Crippen LogP contribution >= 0.6 is 0 Å². The Morgan fingerprint density at radius 2 is 0.792 bits per heavy atom. The molecule has 0 saturated carbocycles. The van der Waals surface area contributed by atoms with Gasteiger partial charge in [0.05, 0.1) is 11.4 Å². The first-order valence-electron chi connectivity index (χ1n) is 16.4. The zero-order valence-electron chi connectivity index (χ0n) is 27.0. The van der Waals surface area contributed by atoms with Crippen LogP contribution in [0.1, 0.15) is 13.3 Å². The van der Waals surface area contributed by atoms with E-state index >= 15 is 0 Å². The van der Waals surface area contributed by atoms with Gasteiger partial charge in [-0.25, -0.2) is 0 Å². The largest absolute Gasteiger partial charge is 0.310 e. The van der Waals surface area contributed by atoms with E-state index in [0.717, 1.165) is 17.1 Å². The first-order chi connectivity index (χ1) is 23.7. The lowest BCUT2D eigenvalue weighted by atomic mass is 10.3. The van der Waals surface area contributed by atoms with E-state index in [1.54, 1.807) is 0 Å². The predicted molar refractivity (Wildman–Crippen MR) is 210 cm³/mol. The van der Waals surface area contributed by atoms with Crippen LogP contribution in [0, 0.1) is 0 Å². The van der Waals surface area contributed by atoms with Crippen molar-refractivity contribution < 1.29 is 0 Å². The number of nitrogens with zero attached hydrogens (tertiary/aromatic N) is 3. The second-order valence-electron chi connectivity index (χ2n) is 12.0. The maximum Gasteiger partial charge on any atom is 0.273 e. The summed E-state index contributed by atoms with van der Waals surface area (Å²) in [7, 11) is -5.58. The van der Waals surface area contributed by atoms with Gasteiger partial charge in [-0.3, -0.25) is 4.99 Å². The van der Waals surface area contributed by atoms with Crippen LogP contribution in [0.2, 0.25) is 0 Å². The molecule has 0 N–H and O–H groups in total. The number of rotatable bonds is 10. The maximum atomic E-state index is 5.73. The summed E-state index contributed by atoms with van der Waals surface area (Å²) >= 11 is 0. The number of benzene rings is 6. The highest BCUT2D eigenvalue weighted by Gasteiger charge is 2.41. The Morgan fingerprint density at radius 3 is 1.12 bits per heavy atom. The molecule has 0 bridgehead atoms. The quantitative estimate of drug-likeness (QED) is 0.105. The van der Waals surface area contributed by atoms with Gasteiger partial charge in [-0.1, -0.05) is 188 Å². The standard InChI is InChI=1S/C43H37N3Si2/c1-35(46-48(40-26-14-5-15-27-40,41-28-16-6-17-29-41)42-30-18-7-19-31-42)43-33-32-36(45-43)34-44-47(37-20-8-2-9-21-37,38-22-10-3-11-23-38)39-24-12-4-13-25-39/h2-31,33-34H,32H2,1H3/b44-34-,46-35+. The highest BCUT2D eigenvalue weighted by Crippen LogP contribution is 2.17. The Morgan fingerprint density at radius 1 is 0.479 bits per heavy atom. The molecular formula is C43H37N3Si2. The highest BCUT2D eigenvalue weighted by molar-refractivity contribution is 7.11. The maximum absolute atomic E-state index is 5.73. The lowest BCUT2D eigenvalue weighted by Gasteiger charge is -2.30. The average molecular weight is 652 g/mol. The summed E-state index contributed by atoms with van der Waals surface area (Å²) in [6.45, 7) is 2.11. The molecule has 7 rings (SSSR count). The van der Waals surface area contributed by atoms with E-state index in [0.29, 0.717) is 6.42 Å². The van der Waals surface area contributed by atoms with Gasteiger partial charge in [0, 0.05) is 18.3 Å². The minimum atomic E-state index is -2.81. The molecule has 0 unspecified atom stereocenters. The van der Waals surface area contributed by atoms with Crippen molar-refractivity contribution in [2.45, 2.75) is 13.3 Å². The SMILES string of the molecule is C/C(=N\[Si](c1ccccc1)(c1ccccc1)c1ccccc1)C1=CCC(/C=N\[Si](c2ccccc2)(c2ccccc2)c2ccccc2)=N1. The Balaban J connectivity index is 1.33. The molecule has 0 amide bonds. The summed E-state index contributed by atoms with van der Waals surface area (Å²) in [6, 6.07) is 64.6. The Hall–Kier alpha value is -5.50. The molecule has 0 aliphatic carbocycles. The summed E-state index contributed by atoms with van der Waals surface area (Å²) in [4.78, 5) is 5.18. The minimum absolute atomic E-state index is 0.713. The van der Waals surface area contributed by atoms with Crippen molar-refractivity contribution in [2.24, 2.45) is 14.3 Å². The van der Waals surface area contributed by atoms with Gasteiger partial charge in [-0.15, -0.1) is 0 Å². The molecule has 0 atom stereocenters. The lowest BCUT2D eigenvalue weighted by molar-refractivity contribution is 1.45. The zero-order valence-corrected chi connectivity index (χ0v) is 29.0. The molecule has 0 aromatic heterocycles. The van der Waals surface area contributed by atoms with Crippen molar-refractivity contribution in [3.63, 3.8) is 0 Å². The first kappa shape index (κ1) is 31.1. The molecule has 6 aromatic rings. The molecular weight excluding hydrogens is 615 g/mol. The highest BCUT2D eigenvalue weighted by atomic mass is 28.3. The fraction of sp³-hybridized carbons (Fsp3) is 0.0465. The lowest BCUT2D eigenvalue weighted by Crippen LogP contribution is -2.66. The summed E-state index contributed by atoms with van der Waals surface area (Å²) in [5.41, 5.74) is 2.81. The van der Waals surface area contributed by atoms with Crippen LogP contribution < -0.4 is 31.1 Å². The minimum Gasteiger partial charge on any atom is -0.310 e. The van der Waals surface area contributed by atoms with Crippen molar-refractivity contribution >= 4 is 65.2 Å². The van der Waals surface area contributed by atoms with Gasteiger partial charge in [0.15, 0.2) is 0 Å². The van der Waals surface area contributed by atoms with E-state index in [2.05, 4.69) is 195 Å². The Labute approximate surface area is 285 Å². The van der Waals surface area contributed by atoms with Gasteiger partial charge in [0.25, 0.3) is 16.5 Å². The predicted octanol–water partition coefficient (Wildman–Crippen LogP) is 5.58. The van der Waals surface area contributed by atoms with E-state index in [1.165, 1.54) is 31.1 Å². The average Bonchev–Trinajstić information content (AvgIpc) is 3.66. The van der Waals surface area contributed by atoms with Crippen LogP contribution in [0.15, 0.2) is 208 Å². The van der Waals surface area contributed by atoms with E-state index < -0.39 is 16.5 Å². The topological polar surface area (TPSA) is 37.1 Å². The monoisotopic (exact) mass is 651 g/mol. The van der Waals surface area contributed by atoms with Gasteiger partial charge in [-0.05, 0) is 38.0 Å². The fourth-order valence-corrected chi connectivity index (χ4v) is 14.6. The molecule has 5 heteroatoms. The molecule has 0 radical (unpaired) electrons. The van der Waals surface area contributed by atoms with Crippen molar-refractivity contribution in [2.75, 3.05) is 0 Å². The third-order valence-electron chi connectivity index (χ3n) is 9.03. The number of hydrogen-bond acceptors (Lipinski definition) is 3. The van der Waals surface area contributed by atoms with E-state index in [9.17, 15) is 0 Å². The summed E-state index contributed by atoms with van der Waals surface area (Å²) in [5.74, 6) is 0. The molecule has 0 saturated heterocycles. The number of allylic oxidation sites excluding steroid dienone is 2. The zero-order chi connectivity index (χ0) is 32.7. The van der Waals surface area contributed by atoms with Crippen LogP contribution in [-0.4, -0.2) is 34.1 Å². The molecule has 3 nitrogen and oxygen atoms in total. The third-order valence-corrected chi connectivity index (χ3v) is 17.2. The number of hydrogen-bond donors (Lipinski definition) is 0. The Bertz CT molecular complexity index is 1880. The molecule has 1 aliphatic rings. The van der Waals surface area contributed by atoms with Gasteiger partial charge < -0.3 is 9.32 Å². The van der Waals surface area contributed by atoms with Gasteiger partial charge in [0.2, 0.25) is 0 Å². The summed E-state index contributed by atoms with van der Waals surface area (Å²) in [5, 5.41) is 7.47. The summed E-state index contributed by atoms with van der Waals surface area (Å²) in [6.07, 6.45) is 4.95. The Kier molecular flexibility index (Phi) is 9.14. The molecule has 1 heterocycles. The summed E-state index contributed by atoms with van der Waals surface area (Å²) < 4.78 is 11.3.